The molecule has 0 unspecified atom stereocenters. The van der Waals surface area contributed by atoms with Crippen LogP contribution in [0.2, 0.25) is 5.02 Å². The minimum Gasteiger partial charge on any atom is -0.385 e. The van der Waals surface area contributed by atoms with Crippen molar-refractivity contribution < 1.29 is 9.53 Å². The lowest BCUT2D eigenvalue weighted by Gasteiger charge is -2.16. The topological polar surface area (TPSA) is 50.4 Å². The van der Waals surface area contributed by atoms with Crippen LogP contribution >= 0.6 is 11.6 Å². The predicted molar refractivity (Wildman–Crippen MR) is 83.7 cm³/mol. The molecule has 0 aliphatic carbocycles. The molecule has 0 atom stereocenters. The Morgan fingerprint density at radius 2 is 2.05 bits per heavy atom. The van der Waals surface area contributed by atoms with Crippen molar-refractivity contribution in [3.63, 3.8) is 0 Å². The van der Waals surface area contributed by atoms with Gasteiger partial charge >= 0.3 is 6.03 Å². The van der Waals surface area contributed by atoms with E-state index in [0.29, 0.717) is 18.2 Å². The molecule has 4 nitrogen and oxygen atoms in total. The molecule has 1 aromatic rings. The number of aryl methyl sites for hydroxylation is 1. The molecule has 0 saturated carbocycles. The van der Waals surface area contributed by atoms with E-state index in [9.17, 15) is 4.79 Å². The largest absolute Gasteiger partial charge is 0.385 e. The molecule has 0 aliphatic heterocycles. The fourth-order valence-electron chi connectivity index (χ4n) is 2.04. The average molecular weight is 299 g/mol. The number of nitrogens with one attached hydrogen (secondary N) is 2. The van der Waals surface area contributed by atoms with Crippen molar-refractivity contribution in [2.75, 3.05) is 25.6 Å². The van der Waals surface area contributed by atoms with Gasteiger partial charge in [-0.3, -0.25) is 0 Å². The van der Waals surface area contributed by atoms with Crippen LogP contribution < -0.4 is 10.6 Å². The van der Waals surface area contributed by atoms with Gasteiger partial charge in [-0.2, -0.15) is 0 Å². The highest BCUT2D eigenvalue weighted by Gasteiger charge is 2.12. The molecule has 0 bridgehead atoms. The maximum absolute atomic E-state index is 11.9. The van der Waals surface area contributed by atoms with Gasteiger partial charge in [0, 0.05) is 25.3 Å². The van der Waals surface area contributed by atoms with Gasteiger partial charge in [0.05, 0.1) is 5.69 Å². The average Bonchev–Trinajstić information content (AvgIpc) is 2.44. The van der Waals surface area contributed by atoms with Crippen molar-refractivity contribution in [2.45, 2.75) is 33.1 Å². The van der Waals surface area contributed by atoms with Crippen LogP contribution in [-0.4, -0.2) is 26.3 Å². The van der Waals surface area contributed by atoms with Crippen molar-refractivity contribution in [3.8, 4) is 0 Å². The number of benzene rings is 1. The molecule has 0 heterocycles. The minimum absolute atomic E-state index is 0.201. The van der Waals surface area contributed by atoms with Crippen molar-refractivity contribution in [1.29, 1.82) is 0 Å². The molecule has 0 spiro atoms. The number of carbonyl (C=O) groups excluding carboxylic acids is 1. The second-order valence-corrected chi connectivity index (χ2v) is 4.90. The number of anilines is 1. The van der Waals surface area contributed by atoms with E-state index < -0.39 is 0 Å². The van der Waals surface area contributed by atoms with E-state index in [4.69, 9.17) is 16.3 Å². The van der Waals surface area contributed by atoms with Crippen molar-refractivity contribution in [2.24, 2.45) is 0 Å². The Balaban J connectivity index is 2.74. The number of methoxy groups -OCH3 is 1. The predicted octanol–water partition coefficient (Wildman–Crippen LogP) is 3.62. The van der Waals surface area contributed by atoms with Crippen LogP contribution in [0.5, 0.6) is 0 Å². The molecule has 5 heteroatoms. The van der Waals surface area contributed by atoms with E-state index in [1.165, 1.54) is 0 Å². The van der Waals surface area contributed by atoms with Crippen molar-refractivity contribution in [3.05, 3.63) is 28.3 Å². The first kappa shape index (κ1) is 16.8. The molecule has 112 valence electrons. The highest BCUT2D eigenvalue weighted by molar-refractivity contribution is 6.31. The molecule has 1 rings (SSSR count). The molecule has 20 heavy (non-hydrogen) atoms. The van der Waals surface area contributed by atoms with Crippen molar-refractivity contribution >= 4 is 23.3 Å². The highest BCUT2D eigenvalue weighted by atomic mass is 35.5. The Kier molecular flexibility index (Phi) is 7.41. The van der Waals surface area contributed by atoms with E-state index in [-0.39, 0.29) is 6.03 Å². The summed E-state index contributed by atoms with van der Waals surface area (Å²) < 4.78 is 4.94. The third kappa shape index (κ3) is 4.69. The standard InChI is InChI=1S/C15H23ClN2O2/c1-4-11-7-8-13(16)12(5-2)14(11)18-15(19)17-9-6-10-20-3/h7-8H,4-6,9-10H2,1-3H3,(H2,17,18,19). The van der Waals surface area contributed by atoms with E-state index in [1.54, 1.807) is 7.11 Å². The number of amides is 2. The Labute approximate surface area is 125 Å². The van der Waals surface area contributed by atoms with Gasteiger partial charge in [-0.25, -0.2) is 4.79 Å². The molecule has 0 radical (unpaired) electrons. The highest BCUT2D eigenvalue weighted by Crippen LogP contribution is 2.29. The molecule has 2 amide bonds. The van der Waals surface area contributed by atoms with Crippen LogP contribution in [0.1, 0.15) is 31.4 Å². The maximum Gasteiger partial charge on any atom is 0.319 e. The van der Waals surface area contributed by atoms with E-state index in [0.717, 1.165) is 36.1 Å². The number of hydrogen-bond acceptors (Lipinski definition) is 2. The lowest BCUT2D eigenvalue weighted by atomic mass is 10.0. The van der Waals surface area contributed by atoms with Gasteiger partial charge < -0.3 is 15.4 Å². The number of rotatable bonds is 7. The first-order chi connectivity index (χ1) is 9.63. The lowest BCUT2D eigenvalue weighted by molar-refractivity contribution is 0.194. The fourth-order valence-corrected chi connectivity index (χ4v) is 2.33. The minimum atomic E-state index is -0.201. The molecule has 0 fully saturated rings. The zero-order chi connectivity index (χ0) is 15.0. The Hall–Kier alpha value is -1.26. The monoisotopic (exact) mass is 298 g/mol. The molecule has 0 aliphatic rings. The molecular formula is C15H23ClN2O2. The maximum atomic E-state index is 11.9. The zero-order valence-electron chi connectivity index (χ0n) is 12.4. The Morgan fingerprint density at radius 1 is 1.30 bits per heavy atom. The SMILES string of the molecule is CCc1ccc(Cl)c(CC)c1NC(=O)NCCCOC. The molecular weight excluding hydrogens is 276 g/mol. The van der Waals surface area contributed by atoms with Gasteiger partial charge in [-0.1, -0.05) is 31.5 Å². The van der Waals surface area contributed by atoms with Gasteiger partial charge in [-0.05, 0) is 36.5 Å². The summed E-state index contributed by atoms with van der Waals surface area (Å²) in [6.45, 7) is 5.31. The number of halogens is 1. The first-order valence-electron chi connectivity index (χ1n) is 6.98. The van der Waals surface area contributed by atoms with Crippen molar-refractivity contribution in [1.82, 2.24) is 5.32 Å². The van der Waals surface area contributed by atoms with Gasteiger partial charge in [0.25, 0.3) is 0 Å². The van der Waals surface area contributed by atoms with Crippen LogP contribution in [0.4, 0.5) is 10.5 Å². The lowest BCUT2D eigenvalue weighted by Crippen LogP contribution is -2.30. The summed E-state index contributed by atoms with van der Waals surface area (Å²) in [4.78, 5) is 11.9. The normalized spacial score (nSPS) is 10.4. The van der Waals surface area contributed by atoms with Gasteiger partial charge in [0.1, 0.15) is 0 Å². The van der Waals surface area contributed by atoms with Gasteiger partial charge in [0.15, 0.2) is 0 Å². The molecule has 0 aromatic heterocycles. The van der Waals surface area contributed by atoms with Crippen LogP contribution in [0, 0.1) is 0 Å². The fraction of sp³-hybridized carbons (Fsp3) is 0.533. The molecule has 1 aromatic carbocycles. The zero-order valence-corrected chi connectivity index (χ0v) is 13.1. The summed E-state index contributed by atoms with van der Waals surface area (Å²) >= 11 is 6.20. The summed E-state index contributed by atoms with van der Waals surface area (Å²) in [5.41, 5.74) is 2.92. The van der Waals surface area contributed by atoms with Crippen LogP contribution in [-0.2, 0) is 17.6 Å². The van der Waals surface area contributed by atoms with Crippen LogP contribution in [0.15, 0.2) is 12.1 Å². The second-order valence-electron chi connectivity index (χ2n) is 4.49. The third-order valence-corrected chi connectivity index (χ3v) is 3.48. The number of urea groups is 1. The van der Waals surface area contributed by atoms with E-state index in [2.05, 4.69) is 17.6 Å². The third-order valence-electron chi connectivity index (χ3n) is 3.13. The summed E-state index contributed by atoms with van der Waals surface area (Å²) in [6, 6.07) is 3.65. The summed E-state index contributed by atoms with van der Waals surface area (Å²) in [6.07, 6.45) is 2.43. The van der Waals surface area contributed by atoms with Gasteiger partial charge in [-0.15, -0.1) is 0 Å². The quantitative estimate of drug-likeness (QED) is 0.755. The van der Waals surface area contributed by atoms with Gasteiger partial charge in [0.2, 0.25) is 0 Å². The number of ether oxygens (including phenoxy) is 1. The van der Waals surface area contributed by atoms with Crippen LogP contribution in [0.3, 0.4) is 0 Å². The Morgan fingerprint density at radius 3 is 2.65 bits per heavy atom. The summed E-state index contributed by atoms with van der Waals surface area (Å²) in [5.74, 6) is 0. The molecule has 2 N–H and O–H groups in total. The second kappa shape index (κ2) is 8.82. The van der Waals surface area contributed by atoms with E-state index >= 15 is 0 Å². The smallest absolute Gasteiger partial charge is 0.319 e. The summed E-state index contributed by atoms with van der Waals surface area (Å²) in [7, 11) is 1.65. The molecule has 0 saturated heterocycles. The Bertz CT molecular complexity index is 450. The number of carbonyl (C=O) groups is 1. The summed E-state index contributed by atoms with van der Waals surface area (Å²) in [5, 5.41) is 6.43. The van der Waals surface area contributed by atoms with Crippen LogP contribution in [0.25, 0.3) is 0 Å². The number of hydrogen-bond donors (Lipinski definition) is 2. The first-order valence-corrected chi connectivity index (χ1v) is 7.35. The van der Waals surface area contributed by atoms with E-state index in [1.807, 2.05) is 19.1 Å².